The molecular weight excluding hydrogens is 630 g/mol. The van der Waals surface area contributed by atoms with Gasteiger partial charge in [0, 0.05) is 33.9 Å². The van der Waals surface area contributed by atoms with Gasteiger partial charge in [0.25, 0.3) is 11.8 Å². The maximum absolute atomic E-state index is 12.5. The Morgan fingerprint density at radius 2 is 0.886 bits per heavy atom. The monoisotopic (exact) mass is 652 g/mol. The Labute approximate surface area is 298 Å². The Bertz CT molecular complexity index is 1790. The van der Waals surface area contributed by atoms with Crippen LogP contribution in [0.5, 0.6) is 0 Å². The van der Waals surface area contributed by atoms with Gasteiger partial charge in [0.2, 0.25) is 0 Å². The van der Waals surface area contributed by atoms with Crippen LogP contribution >= 0.6 is 0 Å². The summed E-state index contributed by atoms with van der Waals surface area (Å²) >= 11 is 0. The number of hydrogen-bond acceptors (Lipinski definition) is 10. The van der Waals surface area contributed by atoms with Crippen LogP contribution in [0.3, 0.4) is 0 Å². The molecule has 0 saturated carbocycles. The van der Waals surface area contributed by atoms with Crippen molar-refractivity contribution in [3.05, 3.63) is 107 Å². The van der Waals surface area contributed by atoms with Gasteiger partial charge in [0.15, 0.2) is 0 Å². The minimum atomic E-state index is -5.06. The van der Waals surface area contributed by atoms with E-state index >= 15 is 0 Å². The Balaban J connectivity index is 0.00000337. The molecule has 0 aliphatic heterocycles. The van der Waals surface area contributed by atoms with Gasteiger partial charge < -0.3 is 31.2 Å². The summed E-state index contributed by atoms with van der Waals surface area (Å²) in [5, 5.41) is 4.98. The SMILES string of the molecule is Nc1ccc(C(=O)Nc2ccc(C=Cc3ccc(NC(=O)c4ccc(N)cc4)cc3S(=O)(=O)[O-])c(S(=O)(=O)[O-])c2)cc1.[Na+].[Na+]. The third kappa shape index (κ3) is 9.74. The van der Waals surface area contributed by atoms with Crippen molar-refractivity contribution in [1.29, 1.82) is 0 Å². The maximum Gasteiger partial charge on any atom is 1.00 e. The van der Waals surface area contributed by atoms with Crippen LogP contribution in [0, 0.1) is 0 Å². The molecule has 0 bridgehead atoms. The van der Waals surface area contributed by atoms with Crippen molar-refractivity contribution < 1.29 is 94.6 Å². The Hall–Kier alpha value is -3.02. The van der Waals surface area contributed by atoms with Gasteiger partial charge in [-0.15, -0.1) is 0 Å². The number of carbonyl (C=O) groups excluding carboxylic acids is 2. The van der Waals surface area contributed by atoms with Gasteiger partial charge in [-0.3, -0.25) is 9.59 Å². The molecule has 2 amide bonds. The van der Waals surface area contributed by atoms with E-state index in [0.29, 0.717) is 11.4 Å². The number of benzene rings is 4. The summed E-state index contributed by atoms with van der Waals surface area (Å²) < 4.78 is 72.1. The summed E-state index contributed by atoms with van der Waals surface area (Å²) in [4.78, 5) is 23.6. The average molecular weight is 653 g/mol. The molecule has 0 atom stereocenters. The normalized spacial score (nSPS) is 11.2. The summed E-state index contributed by atoms with van der Waals surface area (Å²) in [7, 11) is -10.1. The van der Waals surface area contributed by atoms with Crippen LogP contribution < -0.4 is 81.2 Å². The van der Waals surface area contributed by atoms with Crippen molar-refractivity contribution in [1.82, 2.24) is 0 Å². The molecule has 4 rings (SSSR count). The van der Waals surface area contributed by atoms with E-state index in [-0.39, 0.29) is 92.7 Å². The van der Waals surface area contributed by atoms with Crippen molar-refractivity contribution in [2.45, 2.75) is 9.79 Å². The zero-order valence-corrected chi connectivity index (χ0v) is 29.1. The van der Waals surface area contributed by atoms with E-state index in [1.165, 1.54) is 72.8 Å². The van der Waals surface area contributed by atoms with E-state index in [1.807, 2.05) is 0 Å². The molecule has 0 saturated heterocycles. The zero-order chi connectivity index (χ0) is 30.7. The second-order valence-electron chi connectivity index (χ2n) is 8.90. The van der Waals surface area contributed by atoms with Crippen LogP contribution in [0.2, 0.25) is 0 Å². The van der Waals surface area contributed by atoms with Crippen LogP contribution in [0.25, 0.3) is 12.2 Å². The summed E-state index contributed by atoms with van der Waals surface area (Å²) in [5.41, 5.74) is 12.3. The van der Waals surface area contributed by atoms with Crippen molar-refractivity contribution in [2.24, 2.45) is 0 Å². The fraction of sp³-hybridized carbons (Fsp3) is 0. The predicted molar refractivity (Wildman–Crippen MR) is 155 cm³/mol. The number of hydrogen-bond donors (Lipinski definition) is 4. The molecule has 6 N–H and O–H groups in total. The largest absolute Gasteiger partial charge is 1.00 e. The van der Waals surface area contributed by atoms with Crippen LogP contribution in [0.1, 0.15) is 31.8 Å². The van der Waals surface area contributed by atoms with Crippen molar-refractivity contribution in [3.63, 3.8) is 0 Å². The van der Waals surface area contributed by atoms with E-state index in [4.69, 9.17) is 11.5 Å². The molecule has 4 aromatic carbocycles. The fourth-order valence-corrected chi connectivity index (χ4v) is 5.18. The van der Waals surface area contributed by atoms with Gasteiger partial charge in [0.1, 0.15) is 20.2 Å². The van der Waals surface area contributed by atoms with Gasteiger partial charge in [-0.05, 0) is 83.9 Å². The van der Waals surface area contributed by atoms with Crippen LogP contribution in [0.4, 0.5) is 22.7 Å². The molecule has 44 heavy (non-hydrogen) atoms. The van der Waals surface area contributed by atoms with Crippen molar-refractivity contribution >= 4 is 67.0 Å². The van der Waals surface area contributed by atoms with E-state index in [1.54, 1.807) is 0 Å². The van der Waals surface area contributed by atoms with Crippen LogP contribution in [0.15, 0.2) is 94.7 Å². The van der Waals surface area contributed by atoms with Crippen molar-refractivity contribution in [2.75, 3.05) is 22.1 Å². The smallest absolute Gasteiger partial charge is 0.744 e. The quantitative estimate of drug-likeness (QED) is 0.0669. The van der Waals surface area contributed by atoms with E-state index in [9.17, 15) is 35.5 Å². The van der Waals surface area contributed by atoms with Gasteiger partial charge >= 0.3 is 59.1 Å². The van der Waals surface area contributed by atoms with Crippen molar-refractivity contribution in [3.8, 4) is 0 Å². The summed E-state index contributed by atoms with van der Waals surface area (Å²) in [5.74, 6) is -1.16. The molecule has 0 aliphatic rings. The first-order chi connectivity index (χ1) is 19.7. The van der Waals surface area contributed by atoms with Crippen LogP contribution in [-0.4, -0.2) is 37.8 Å². The molecule has 216 valence electrons. The summed E-state index contributed by atoms with van der Waals surface area (Å²) in [6.07, 6.45) is 2.26. The van der Waals surface area contributed by atoms with Gasteiger partial charge in [-0.25, -0.2) is 16.8 Å². The fourth-order valence-electron chi connectivity index (χ4n) is 3.79. The molecule has 0 radical (unpaired) electrons. The summed E-state index contributed by atoms with van der Waals surface area (Å²) in [6.45, 7) is 0. The molecule has 0 aromatic heterocycles. The second-order valence-corrected chi connectivity index (χ2v) is 11.6. The standard InChI is InChI=1S/C28H24N4O8S2.2Na/c29-21-9-3-19(4-10-21)27(33)31-23-13-7-17(25(15-23)41(35,36)37)1-2-18-8-14-24(16-26(18)42(38,39)40)32-28(34)20-5-11-22(30)12-6-20;;/h1-16H,29-30H2,(H,31,33)(H,32,34)(H,35,36,37)(H,38,39,40);;/q;2*+1/p-2. The average Bonchev–Trinajstić information content (AvgIpc) is 2.92. The second kappa shape index (κ2) is 15.3. The Kier molecular flexibility index (Phi) is 12.9. The number of carbonyl (C=O) groups is 2. The minimum Gasteiger partial charge on any atom is -0.744 e. The number of nitrogen functional groups attached to an aromatic ring is 2. The first kappa shape index (κ1) is 37.2. The van der Waals surface area contributed by atoms with Gasteiger partial charge in [-0.2, -0.15) is 0 Å². The Morgan fingerprint density at radius 3 is 1.18 bits per heavy atom. The number of nitrogens with one attached hydrogen (secondary N) is 2. The maximum atomic E-state index is 12.5. The molecule has 0 spiro atoms. The Morgan fingerprint density at radius 1 is 0.568 bits per heavy atom. The van der Waals surface area contributed by atoms with Gasteiger partial charge in [0.05, 0.1) is 9.79 Å². The van der Waals surface area contributed by atoms with E-state index in [2.05, 4.69) is 10.6 Å². The topological polar surface area (TPSA) is 225 Å². The molecule has 0 unspecified atom stereocenters. The minimum absolute atomic E-state index is 0. The number of nitrogens with two attached hydrogens (primary N) is 2. The molecule has 4 aromatic rings. The molecule has 0 heterocycles. The van der Waals surface area contributed by atoms with E-state index in [0.717, 1.165) is 24.3 Å². The number of amides is 2. The zero-order valence-electron chi connectivity index (χ0n) is 23.5. The summed E-state index contributed by atoms with van der Waals surface area (Å²) in [6, 6.07) is 18.9. The molecule has 0 fully saturated rings. The molecule has 0 aliphatic carbocycles. The number of anilines is 4. The van der Waals surface area contributed by atoms with Crippen LogP contribution in [-0.2, 0) is 20.2 Å². The first-order valence-electron chi connectivity index (χ1n) is 11.9. The molecule has 12 nitrogen and oxygen atoms in total. The molecule has 16 heteroatoms. The third-order valence-electron chi connectivity index (χ3n) is 5.87. The number of rotatable bonds is 8. The van der Waals surface area contributed by atoms with E-state index < -0.39 is 41.8 Å². The molecular formula is C28H22N4Na2O8S2. The van der Waals surface area contributed by atoms with Gasteiger partial charge in [-0.1, -0.05) is 24.3 Å². The predicted octanol–water partition coefficient (Wildman–Crippen LogP) is -2.66. The first-order valence-corrected chi connectivity index (χ1v) is 14.7. The third-order valence-corrected chi connectivity index (χ3v) is 7.65.